The number of ether oxygens (including phenoxy) is 1. The molecule has 0 aliphatic carbocycles. The molecule has 0 spiro atoms. The fraction of sp³-hybridized carbons (Fsp3) is 0.333. The third-order valence-electron chi connectivity index (χ3n) is 2.37. The Morgan fingerprint density at radius 2 is 2.12 bits per heavy atom. The molecule has 0 radical (unpaired) electrons. The molecule has 0 aliphatic heterocycles. The van der Waals surface area contributed by atoms with E-state index in [-0.39, 0.29) is 0 Å². The summed E-state index contributed by atoms with van der Waals surface area (Å²) in [6.45, 7) is 3.01. The van der Waals surface area contributed by atoms with Gasteiger partial charge in [0.2, 0.25) is 0 Å². The van der Waals surface area contributed by atoms with Gasteiger partial charge in [-0.1, -0.05) is 24.3 Å². The van der Waals surface area contributed by atoms with Crippen molar-refractivity contribution in [3.63, 3.8) is 0 Å². The number of nitrogens with zero attached hydrogens (tertiary/aromatic N) is 3. The van der Waals surface area contributed by atoms with E-state index >= 15 is 0 Å². The first-order chi connectivity index (χ1) is 7.85. The molecule has 84 valence electrons. The zero-order valence-electron chi connectivity index (χ0n) is 9.55. The van der Waals surface area contributed by atoms with Crippen LogP contribution < -0.4 is 4.74 Å². The minimum atomic E-state index is 0.825. The van der Waals surface area contributed by atoms with Crippen molar-refractivity contribution in [2.75, 3.05) is 7.11 Å². The maximum absolute atomic E-state index is 5.29. The molecular formula is C12H15N3O. The number of rotatable bonds is 4. The zero-order valence-corrected chi connectivity index (χ0v) is 9.55. The van der Waals surface area contributed by atoms with Crippen LogP contribution in [0.4, 0.5) is 0 Å². The van der Waals surface area contributed by atoms with Gasteiger partial charge in [-0.05, 0) is 18.6 Å². The van der Waals surface area contributed by atoms with Crippen molar-refractivity contribution < 1.29 is 4.74 Å². The van der Waals surface area contributed by atoms with Crippen LogP contribution in [0.15, 0.2) is 30.5 Å². The van der Waals surface area contributed by atoms with E-state index in [2.05, 4.69) is 17.2 Å². The highest BCUT2D eigenvalue weighted by Gasteiger charge is 2.08. The van der Waals surface area contributed by atoms with Gasteiger partial charge in [-0.2, -0.15) is 0 Å². The highest BCUT2D eigenvalue weighted by Crippen LogP contribution is 2.27. The van der Waals surface area contributed by atoms with E-state index in [4.69, 9.17) is 4.74 Å². The zero-order chi connectivity index (χ0) is 11.4. The topological polar surface area (TPSA) is 39.9 Å². The minimum absolute atomic E-state index is 0.825. The first kappa shape index (κ1) is 10.7. The number of para-hydroxylation sites is 1. The summed E-state index contributed by atoms with van der Waals surface area (Å²) in [6, 6.07) is 7.82. The molecule has 2 rings (SSSR count). The number of aryl methyl sites for hydroxylation is 1. The molecule has 2 aromatic rings. The molecule has 4 heteroatoms. The van der Waals surface area contributed by atoms with E-state index in [0.29, 0.717) is 0 Å². The predicted molar refractivity (Wildman–Crippen MR) is 62.3 cm³/mol. The van der Waals surface area contributed by atoms with Gasteiger partial charge in [-0.3, -0.25) is 4.68 Å². The molecular weight excluding hydrogens is 202 g/mol. The molecule has 1 heterocycles. The van der Waals surface area contributed by atoms with Gasteiger partial charge in [0.1, 0.15) is 11.4 Å². The molecule has 0 fully saturated rings. The molecule has 0 amide bonds. The van der Waals surface area contributed by atoms with Crippen LogP contribution in [0.1, 0.15) is 13.3 Å². The van der Waals surface area contributed by atoms with Crippen LogP contribution >= 0.6 is 0 Å². The second-order valence-corrected chi connectivity index (χ2v) is 3.57. The van der Waals surface area contributed by atoms with Crippen molar-refractivity contribution in [2.24, 2.45) is 0 Å². The molecule has 16 heavy (non-hydrogen) atoms. The lowest BCUT2D eigenvalue weighted by molar-refractivity contribution is 0.416. The maximum atomic E-state index is 5.29. The van der Waals surface area contributed by atoms with Gasteiger partial charge in [0.25, 0.3) is 0 Å². The maximum Gasteiger partial charge on any atom is 0.128 e. The molecule has 0 aliphatic rings. The highest BCUT2D eigenvalue weighted by molar-refractivity contribution is 5.65. The van der Waals surface area contributed by atoms with E-state index in [9.17, 15) is 0 Å². The fourth-order valence-corrected chi connectivity index (χ4v) is 1.62. The Kier molecular flexibility index (Phi) is 3.19. The Balaban J connectivity index is 2.34. The molecule has 0 N–H and O–H groups in total. The Morgan fingerprint density at radius 1 is 1.31 bits per heavy atom. The lowest BCUT2D eigenvalue weighted by atomic mass is 10.1. The van der Waals surface area contributed by atoms with Crippen LogP contribution in [-0.4, -0.2) is 22.1 Å². The average Bonchev–Trinajstić information content (AvgIpc) is 2.78. The van der Waals surface area contributed by atoms with Crippen molar-refractivity contribution >= 4 is 0 Å². The summed E-state index contributed by atoms with van der Waals surface area (Å²) in [5.41, 5.74) is 1.83. The number of hydrogen-bond acceptors (Lipinski definition) is 3. The van der Waals surface area contributed by atoms with Gasteiger partial charge in [-0.15, -0.1) is 5.10 Å². The summed E-state index contributed by atoms with van der Waals surface area (Å²) in [4.78, 5) is 0. The third-order valence-corrected chi connectivity index (χ3v) is 2.37. The molecule has 1 aromatic heterocycles. The van der Waals surface area contributed by atoms with E-state index in [1.807, 2.05) is 35.1 Å². The Hall–Kier alpha value is -1.84. The number of hydrogen-bond donors (Lipinski definition) is 0. The van der Waals surface area contributed by atoms with Crippen LogP contribution in [0, 0.1) is 0 Å². The summed E-state index contributed by atoms with van der Waals surface area (Å²) >= 11 is 0. The second-order valence-electron chi connectivity index (χ2n) is 3.57. The first-order valence-corrected chi connectivity index (χ1v) is 5.38. The molecule has 1 aromatic carbocycles. The summed E-state index contributed by atoms with van der Waals surface area (Å²) in [5, 5.41) is 8.22. The van der Waals surface area contributed by atoms with Gasteiger partial charge < -0.3 is 4.74 Å². The first-order valence-electron chi connectivity index (χ1n) is 5.38. The van der Waals surface area contributed by atoms with Gasteiger partial charge in [0.15, 0.2) is 0 Å². The summed E-state index contributed by atoms with van der Waals surface area (Å²) in [5.74, 6) is 0.825. The molecule has 0 saturated carbocycles. The van der Waals surface area contributed by atoms with Crippen molar-refractivity contribution in [3.8, 4) is 17.0 Å². The van der Waals surface area contributed by atoms with Gasteiger partial charge in [0.05, 0.1) is 13.3 Å². The lowest BCUT2D eigenvalue weighted by Crippen LogP contribution is -1.96. The molecule has 4 nitrogen and oxygen atoms in total. The molecule has 0 bridgehead atoms. The van der Waals surface area contributed by atoms with Crippen molar-refractivity contribution in [2.45, 2.75) is 19.9 Å². The third kappa shape index (κ3) is 2.05. The number of methoxy groups -OCH3 is 1. The lowest BCUT2D eigenvalue weighted by Gasteiger charge is -2.04. The Bertz CT molecular complexity index is 465. The highest BCUT2D eigenvalue weighted by atomic mass is 16.5. The van der Waals surface area contributed by atoms with Crippen LogP contribution in [0.25, 0.3) is 11.3 Å². The van der Waals surface area contributed by atoms with Crippen LogP contribution in [0.3, 0.4) is 0 Å². The quantitative estimate of drug-likeness (QED) is 0.789. The number of benzene rings is 1. The summed E-state index contributed by atoms with van der Waals surface area (Å²) < 4.78 is 7.14. The SMILES string of the molecule is CCCn1cc(-c2ccccc2OC)nn1. The molecule has 0 atom stereocenters. The van der Waals surface area contributed by atoms with Crippen LogP contribution in [0.5, 0.6) is 5.75 Å². The summed E-state index contributed by atoms with van der Waals surface area (Å²) in [6.07, 6.45) is 3.00. The van der Waals surface area contributed by atoms with E-state index in [1.165, 1.54) is 0 Å². The van der Waals surface area contributed by atoms with Crippen molar-refractivity contribution in [1.29, 1.82) is 0 Å². The van der Waals surface area contributed by atoms with Crippen LogP contribution in [-0.2, 0) is 6.54 Å². The smallest absolute Gasteiger partial charge is 0.128 e. The predicted octanol–water partition coefficient (Wildman–Crippen LogP) is 2.36. The second kappa shape index (κ2) is 4.79. The monoisotopic (exact) mass is 217 g/mol. The van der Waals surface area contributed by atoms with Crippen molar-refractivity contribution in [3.05, 3.63) is 30.5 Å². The van der Waals surface area contributed by atoms with Crippen molar-refractivity contribution in [1.82, 2.24) is 15.0 Å². The Morgan fingerprint density at radius 3 is 2.88 bits per heavy atom. The Labute approximate surface area is 94.9 Å². The average molecular weight is 217 g/mol. The van der Waals surface area contributed by atoms with E-state index < -0.39 is 0 Å². The van der Waals surface area contributed by atoms with Gasteiger partial charge in [-0.25, -0.2) is 0 Å². The fourth-order valence-electron chi connectivity index (χ4n) is 1.62. The molecule has 0 unspecified atom stereocenters. The normalized spacial score (nSPS) is 10.4. The summed E-state index contributed by atoms with van der Waals surface area (Å²) in [7, 11) is 1.66. The number of aromatic nitrogens is 3. The standard InChI is InChI=1S/C12H15N3O/c1-3-8-15-9-11(13-14-15)10-6-4-5-7-12(10)16-2/h4-7,9H,3,8H2,1-2H3. The van der Waals surface area contributed by atoms with E-state index in [0.717, 1.165) is 30.0 Å². The van der Waals surface area contributed by atoms with Crippen LogP contribution in [0.2, 0.25) is 0 Å². The van der Waals surface area contributed by atoms with Gasteiger partial charge in [0, 0.05) is 12.1 Å². The largest absolute Gasteiger partial charge is 0.496 e. The molecule has 0 saturated heterocycles. The minimum Gasteiger partial charge on any atom is -0.496 e. The van der Waals surface area contributed by atoms with E-state index in [1.54, 1.807) is 7.11 Å². The van der Waals surface area contributed by atoms with Gasteiger partial charge >= 0.3 is 0 Å².